The van der Waals surface area contributed by atoms with Crippen LogP contribution in [0.25, 0.3) is 0 Å². The summed E-state index contributed by atoms with van der Waals surface area (Å²) in [6.07, 6.45) is 0.716. The quantitative estimate of drug-likeness (QED) is 0.846. The Bertz CT molecular complexity index is 776. The molecule has 1 aliphatic heterocycles. The van der Waals surface area contributed by atoms with Gasteiger partial charge < -0.3 is 14.4 Å². The lowest BCUT2D eigenvalue weighted by atomic mass is 10.00. The topological polar surface area (TPSA) is 93.2 Å². The largest absolute Gasteiger partial charge is 0.477 e. The van der Waals surface area contributed by atoms with Crippen LogP contribution in [0.1, 0.15) is 47.0 Å². The van der Waals surface area contributed by atoms with Crippen LogP contribution in [0.3, 0.4) is 0 Å². The van der Waals surface area contributed by atoms with E-state index in [2.05, 4.69) is 20.2 Å². The number of rotatable bonds is 6. The van der Waals surface area contributed by atoms with Gasteiger partial charge in [-0.1, -0.05) is 0 Å². The molecule has 0 unspecified atom stereocenters. The second kappa shape index (κ2) is 7.82. The summed E-state index contributed by atoms with van der Waals surface area (Å²) in [6, 6.07) is 3.58. The highest BCUT2D eigenvalue weighted by molar-refractivity contribution is 5.96. The van der Waals surface area contributed by atoms with Gasteiger partial charge in [-0.3, -0.25) is 9.89 Å². The van der Waals surface area contributed by atoms with E-state index in [1.165, 1.54) is 0 Å². The van der Waals surface area contributed by atoms with Crippen LogP contribution in [0.5, 0.6) is 5.88 Å². The summed E-state index contributed by atoms with van der Waals surface area (Å²) in [7, 11) is 1.76. The van der Waals surface area contributed by atoms with Crippen LogP contribution in [0, 0.1) is 13.8 Å². The zero-order chi connectivity index (χ0) is 18.7. The highest BCUT2D eigenvalue weighted by Gasteiger charge is 2.34. The lowest BCUT2D eigenvalue weighted by molar-refractivity contribution is 0.0546. The molecule has 3 rings (SSSR count). The Morgan fingerprint density at radius 2 is 2.19 bits per heavy atom. The predicted octanol–water partition coefficient (Wildman–Crippen LogP) is 1.86. The number of H-pyrrole nitrogens is 1. The van der Waals surface area contributed by atoms with Crippen molar-refractivity contribution in [3.63, 3.8) is 0 Å². The van der Waals surface area contributed by atoms with E-state index in [1.54, 1.807) is 18.0 Å². The van der Waals surface area contributed by atoms with Crippen molar-refractivity contribution in [3.05, 3.63) is 35.0 Å². The van der Waals surface area contributed by atoms with Crippen molar-refractivity contribution in [3.8, 4) is 5.88 Å². The van der Waals surface area contributed by atoms with Crippen molar-refractivity contribution in [2.45, 2.75) is 39.2 Å². The maximum absolute atomic E-state index is 12.9. The molecule has 2 aromatic rings. The number of carbonyl (C=O) groups is 1. The molecule has 0 bridgehead atoms. The zero-order valence-electron chi connectivity index (χ0n) is 15.7. The Hall–Kier alpha value is -2.48. The Morgan fingerprint density at radius 1 is 1.38 bits per heavy atom. The molecular weight excluding hydrogens is 334 g/mol. The van der Waals surface area contributed by atoms with Gasteiger partial charge in [0.2, 0.25) is 5.88 Å². The summed E-state index contributed by atoms with van der Waals surface area (Å²) >= 11 is 0. The standard InChI is InChI=1S/C18H25N5O3/c1-5-25-17-14(7-6-11(2)19-17)18(24)23(4)10-15-13(8-9-26-15)16-20-12(3)21-22-16/h6-7,13,15H,5,8-10H2,1-4H3,(H,20,21,22)/t13-,15-/m1/s1. The van der Waals surface area contributed by atoms with E-state index in [-0.39, 0.29) is 17.9 Å². The Morgan fingerprint density at radius 3 is 2.88 bits per heavy atom. The van der Waals surface area contributed by atoms with E-state index >= 15 is 0 Å². The van der Waals surface area contributed by atoms with Crippen molar-refractivity contribution in [1.82, 2.24) is 25.1 Å². The lowest BCUT2D eigenvalue weighted by Gasteiger charge is -2.24. The van der Waals surface area contributed by atoms with Crippen molar-refractivity contribution < 1.29 is 14.3 Å². The molecule has 26 heavy (non-hydrogen) atoms. The minimum Gasteiger partial charge on any atom is -0.477 e. The number of aromatic amines is 1. The van der Waals surface area contributed by atoms with E-state index in [0.29, 0.717) is 31.2 Å². The van der Waals surface area contributed by atoms with E-state index < -0.39 is 0 Å². The molecule has 1 saturated heterocycles. The van der Waals surface area contributed by atoms with Crippen molar-refractivity contribution in [1.29, 1.82) is 0 Å². The highest BCUT2D eigenvalue weighted by Crippen LogP contribution is 2.30. The van der Waals surface area contributed by atoms with Gasteiger partial charge in [0.15, 0.2) is 5.82 Å². The van der Waals surface area contributed by atoms with Gasteiger partial charge in [0, 0.05) is 25.9 Å². The fraction of sp³-hybridized carbons (Fsp3) is 0.556. The number of hydrogen-bond donors (Lipinski definition) is 1. The number of carbonyl (C=O) groups excluding carboxylic acids is 1. The number of likely N-dealkylation sites (N-methyl/N-ethyl adjacent to an activating group) is 1. The molecule has 0 radical (unpaired) electrons. The molecule has 1 aliphatic rings. The first-order valence-corrected chi connectivity index (χ1v) is 8.86. The molecule has 1 N–H and O–H groups in total. The van der Waals surface area contributed by atoms with E-state index in [1.807, 2.05) is 26.8 Å². The first kappa shape index (κ1) is 18.3. The maximum atomic E-state index is 12.9. The van der Waals surface area contributed by atoms with Crippen LogP contribution in [-0.4, -0.2) is 63.9 Å². The zero-order valence-corrected chi connectivity index (χ0v) is 15.7. The van der Waals surface area contributed by atoms with Crippen LogP contribution in [0.15, 0.2) is 12.1 Å². The second-order valence-electron chi connectivity index (χ2n) is 6.51. The maximum Gasteiger partial charge on any atom is 0.259 e. The summed E-state index contributed by atoms with van der Waals surface area (Å²) in [5.41, 5.74) is 1.27. The monoisotopic (exact) mass is 359 g/mol. The molecule has 0 aliphatic carbocycles. The number of hydrogen-bond acceptors (Lipinski definition) is 6. The number of nitrogens with one attached hydrogen (secondary N) is 1. The van der Waals surface area contributed by atoms with Crippen LogP contribution < -0.4 is 4.74 Å². The molecule has 3 heterocycles. The van der Waals surface area contributed by atoms with Gasteiger partial charge >= 0.3 is 0 Å². The number of aromatic nitrogens is 4. The van der Waals surface area contributed by atoms with E-state index in [4.69, 9.17) is 9.47 Å². The van der Waals surface area contributed by atoms with Gasteiger partial charge in [0.05, 0.1) is 18.6 Å². The minimum absolute atomic E-state index is 0.0812. The predicted molar refractivity (Wildman–Crippen MR) is 95.3 cm³/mol. The number of aryl methyl sites for hydroxylation is 2. The van der Waals surface area contributed by atoms with E-state index in [9.17, 15) is 4.79 Å². The molecule has 8 nitrogen and oxygen atoms in total. The van der Waals surface area contributed by atoms with Gasteiger partial charge in [-0.25, -0.2) is 9.97 Å². The summed E-state index contributed by atoms with van der Waals surface area (Å²) in [5, 5.41) is 7.13. The van der Waals surface area contributed by atoms with Crippen LogP contribution >= 0.6 is 0 Å². The summed E-state index contributed by atoms with van der Waals surface area (Å²) < 4.78 is 11.4. The molecule has 2 aromatic heterocycles. The second-order valence-corrected chi connectivity index (χ2v) is 6.51. The molecule has 1 fully saturated rings. The van der Waals surface area contributed by atoms with E-state index in [0.717, 1.165) is 23.8 Å². The molecule has 140 valence electrons. The van der Waals surface area contributed by atoms with Crippen LogP contribution in [0.4, 0.5) is 0 Å². The van der Waals surface area contributed by atoms with Gasteiger partial charge in [0.1, 0.15) is 11.4 Å². The van der Waals surface area contributed by atoms with Gasteiger partial charge in [-0.15, -0.1) is 0 Å². The molecule has 0 aromatic carbocycles. The third-order valence-electron chi connectivity index (χ3n) is 4.47. The van der Waals surface area contributed by atoms with Gasteiger partial charge in [-0.2, -0.15) is 5.10 Å². The molecule has 1 amide bonds. The molecule has 0 saturated carbocycles. The fourth-order valence-electron chi connectivity index (χ4n) is 3.15. The lowest BCUT2D eigenvalue weighted by Crippen LogP contribution is -2.36. The number of nitrogens with zero attached hydrogens (tertiary/aromatic N) is 4. The summed E-state index contributed by atoms with van der Waals surface area (Å²) in [6.45, 7) is 7.17. The smallest absolute Gasteiger partial charge is 0.259 e. The summed E-state index contributed by atoms with van der Waals surface area (Å²) in [5.74, 6) is 1.84. The number of amides is 1. The number of ether oxygens (including phenoxy) is 2. The SMILES string of the molecule is CCOc1nc(C)ccc1C(=O)N(C)C[C@H]1OCC[C@H]1c1n[nH]c(C)n1. The van der Waals surface area contributed by atoms with Crippen molar-refractivity contribution >= 4 is 5.91 Å². The van der Waals surface area contributed by atoms with Crippen LogP contribution in [-0.2, 0) is 4.74 Å². The first-order chi connectivity index (χ1) is 12.5. The number of pyridine rings is 1. The molecule has 0 spiro atoms. The Balaban J connectivity index is 1.73. The Kier molecular flexibility index (Phi) is 5.51. The third-order valence-corrected chi connectivity index (χ3v) is 4.47. The molecule has 2 atom stereocenters. The fourth-order valence-corrected chi connectivity index (χ4v) is 3.15. The van der Waals surface area contributed by atoms with Gasteiger partial charge in [0.25, 0.3) is 5.91 Å². The highest BCUT2D eigenvalue weighted by atomic mass is 16.5. The average molecular weight is 359 g/mol. The molecule has 8 heteroatoms. The average Bonchev–Trinajstić information content (AvgIpc) is 3.23. The summed E-state index contributed by atoms with van der Waals surface area (Å²) in [4.78, 5) is 23.3. The normalized spacial score (nSPS) is 19.5. The van der Waals surface area contributed by atoms with Gasteiger partial charge in [-0.05, 0) is 39.3 Å². The minimum atomic E-state index is -0.138. The van der Waals surface area contributed by atoms with Crippen molar-refractivity contribution in [2.75, 3.05) is 26.8 Å². The molecular formula is C18H25N5O3. The van der Waals surface area contributed by atoms with Crippen molar-refractivity contribution in [2.24, 2.45) is 0 Å². The first-order valence-electron chi connectivity index (χ1n) is 8.86. The Labute approximate surface area is 152 Å². The third kappa shape index (κ3) is 3.85. The van der Waals surface area contributed by atoms with Crippen LogP contribution in [0.2, 0.25) is 0 Å².